The van der Waals surface area contributed by atoms with E-state index in [0.717, 1.165) is 0 Å². The quantitative estimate of drug-likeness (QED) is 0.727. The number of ketones is 1. The molecule has 0 spiro atoms. The fourth-order valence-electron chi connectivity index (χ4n) is 1.56. The molecule has 5 heteroatoms. The molecule has 1 aliphatic rings. The summed E-state index contributed by atoms with van der Waals surface area (Å²) in [7, 11) is 0. The number of ether oxygens (including phenoxy) is 1. The van der Waals surface area contributed by atoms with Crippen molar-refractivity contribution in [2.45, 2.75) is 45.3 Å². The number of likely N-dealkylation sites (tertiary alicyclic amines) is 1. The normalized spacial score (nSPS) is 25.7. The van der Waals surface area contributed by atoms with Crippen molar-refractivity contribution in [2.75, 3.05) is 13.1 Å². The van der Waals surface area contributed by atoms with Crippen LogP contribution in [0.25, 0.3) is 0 Å². The van der Waals surface area contributed by atoms with Gasteiger partial charge in [-0.25, -0.2) is 4.79 Å². The molecule has 16 heavy (non-hydrogen) atoms. The van der Waals surface area contributed by atoms with E-state index in [2.05, 4.69) is 0 Å². The number of hydrogen-bond acceptors (Lipinski definition) is 4. The first kappa shape index (κ1) is 13.0. The Hall–Kier alpha value is -1.10. The number of carbonyl (C=O) groups is 2. The summed E-state index contributed by atoms with van der Waals surface area (Å²) in [5.41, 5.74) is -1.95. The van der Waals surface area contributed by atoms with E-state index in [1.807, 2.05) is 0 Å². The van der Waals surface area contributed by atoms with E-state index in [-0.39, 0.29) is 18.7 Å². The smallest absolute Gasteiger partial charge is 0.410 e. The predicted octanol–water partition coefficient (Wildman–Crippen LogP) is 0.947. The largest absolute Gasteiger partial charge is 0.444 e. The molecule has 1 rings (SSSR count). The lowest BCUT2D eigenvalue weighted by Gasteiger charge is -2.25. The SMILES string of the molecule is CC(=O)[C@@]1(O)CCN(C(=O)OC(C)(C)C)C1. The molecule has 1 N–H and O–H groups in total. The molecule has 1 amide bonds. The molecule has 1 fully saturated rings. The zero-order chi connectivity index (χ0) is 12.6. The number of β-amino-alcohol motifs (C(OH)–C–C–N with tert-alkyl or cyclic N) is 1. The number of Topliss-reactive ketones (excluding diaryl/α,β-unsaturated/α-hetero) is 1. The van der Waals surface area contributed by atoms with Gasteiger partial charge in [0.2, 0.25) is 0 Å². The minimum atomic E-state index is -1.39. The van der Waals surface area contributed by atoms with E-state index in [9.17, 15) is 14.7 Å². The van der Waals surface area contributed by atoms with Gasteiger partial charge in [0.15, 0.2) is 5.78 Å². The molecule has 92 valence electrons. The van der Waals surface area contributed by atoms with Crippen molar-refractivity contribution in [3.05, 3.63) is 0 Å². The summed E-state index contributed by atoms with van der Waals surface area (Å²) in [5, 5.41) is 9.89. The van der Waals surface area contributed by atoms with Crippen LogP contribution in [0.4, 0.5) is 4.79 Å². The maximum Gasteiger partial charge on any atom is 0.410 e. The number of nitrogens with zero attached hydrogens (tertiary/aromatic N) is 1. The standard InChI is InChI=1S/C11H19NO4/c1-8(13)11(15)5-6-12(7-11)9(14)16-10(2,3)4/h15H,5-7H2,1-4H3/t11-/m1/s1. The van der Waals surface area contributed by atoms with Gasteiger partial charge in [-0.05, 0) is 27.7 Å². The molecule has 0 aromatic heterocycles. The maximum absolute atomic E-state index is 11.7. The van der Waals surface area contributed by atoms with Crippen LogP contribution in [0.5, 0.6) is 0 Å². The van der Waals surface area contributed by atoms with Gasteiger partial charge in [0.1, 0.15) is 11.2 Å². The van der Waals surface area contributed by atoms with Gasteiger partial charge in [-0.15, -0.1) is 0 Å². The molecule has 1 aliphatic heterocycles. The molecule has 5 nitrogen and oxygen atoms in total. The Kier molecular flexibility index (Phi) is 3.28. The number of amides is 1. The number of hydrogen-bond donors (Lipinski definition) is 1. The highest BCUT2D eigenvalue weighted by Crippen LogP contribution is 2.23. The molecule has 0 bridgehead atoms. The average Bonchev–Trinajstić information content (AvgIpc) is 2.46. The van der Waals surface area contributed by atoms with E-state index in [1.54, 1.807) is 20.8 Å². The third-order valence-electron chi connectivity index (χ3n) is 2.55. The fourth-order valence-corrected chi connectivity index (χ4v) is 1.56. The van der Waals surface area contributed by atoms with Crippen LogP contribution in [0.15, 0.2) is 0 Å². The third-order valence-corrected chi connectivity index (χ3v) is 2.55. The maximum atomic E-state index is 11.7. The number of carbonyl (C=O) groups excluding carboxylic acids is 2. The van der Waals surface area contributed by atoms with Gasteiger partial charge >= 0.3 is 6.09 Å². The molecule has 0 radical (unpaired) electrons. The molecule has 1 saturated heterocycles. The van der Waals surface area contributed by atoms with Gasteiger partial charge in [0.05, 0.1) is 6.54 Å². The topological polar surface area (TPSA) is 66.8 Å². The third kappa shape index (κ3) is 2.95. The van der Waals surface area contributed by atoms with Gasteiger partial charge in [-0.1, -0.05) is 0 Å². The first-order chi connectivity index (χ1) is 7.14. The molecular formula is C11H19NO4. The van der Waals surface area contributed by atoms with Crippen LogP contribution in [0.1, 0.15) is 34.1 Å². The van der Waals surface area contributed by atoms with Crippen LogP contribution in [0, 0.1) is 0 Å². The molecule has 0 saturated carbocycles. The summed E-state index contributed by atoms with van der Waals surface area (Å²) in [4.78, 5) is 24.2. The summed E-state index contributed by atoms with van der Waals surface area (Å²) in [6.07, 6.45) is -0.202. The summed E-state index contributed by atoms with van der Waals surface area (Å²) in [6.45, 7) is 7.04. The van der Waals surface area contributed by atoms with Crippen LogP contribution in [-0.2, 0) is 9.53 Å². The molecule has 0 aromatic carbocycles. The van der Waals surface area contributed by atoms with Crippen LogP contribution in [0.3, 0.4) is 0 Å². The summed E-state index contributed by atoms with van der Waals surface area (Å²) < 4.78 is 5.16. The van der Waals surface area contributed by atoms with Gasteiger partial charge in [0.25, 0.3) is 0 Å². The first-order valence-electron chi connectivity index (χ1n) is 5.35. The Balaban J connectivity index is 2.60. The number of rotatable bonds is 1. The summed E-state index contributed by atoms with van der Waals surface area (Å²) >= 11 is 0. The summed E-state index contributed by atoms with van der Waals surface area (Å²) in [6, 6.07) is 0. The van der Waals surface area contributed by atoms with Crippen molar-refractivity contribution < 1.29 is 19.4 Å². The highest BCUT2D eigenvalue weighted by atomic mass is 16.6. The monoisotopic (exact) mass is 229 g/mol. The second kappa shape index (κ2) is 4.05. The van der Waals surface area contributed by atoms with Crippen LogP contribution < -0.4 is 0 Å². The minimum absolute atomic E-state index is 0.0250. The lowest BCUT2D eigenvalue weighted by molar-refractivity contribution is -0.133. The zero-order valence-electron chi connectivity index (χ0n) is 10.2. The van der Waals surface area contributed by atoms with Crippen molar-refractivity contribution >= 4 is 11.9 Å². The molecule has 0 aromatic rings. The van der Waals surface area contributed by atoms with E-state index >= 15 is 0 Å². The van der Waals surface area contributed by atoms with E-state index < -0.39 is 17.3 Å². The fraction of sp³-hybridized carbons (Fsp3) is 0.818. The van der Waals surface area contributed by atoms with Crippen LogP contribution in [-0.4, -0.2) is 46.2 Å². The van der Waals surface area contributed by atoms with Gasteiger partial charge in [-0.3, -0.25) is 4.79 Å². The highest BCUT2D eigenvalue weighted by Gasteiger charge is 2.43. The number of aliphatic hydroxyl groups is 1. The van der Waals surface area contributed by atoms with Gasteiger partial charge in [0, 0.05) is 13.0 Å². The second-order valence-corrected chi connectivity index (χ2v) is 5.24. The Morgan fingerprint density at radius 3 is 2.31 bits per heavy atom. The zero-order valence-corrected chi connectivity index (χ0v) is 10.2. The molecular weight excluding hydrogens is 210 g/mol. The van der Waals surface area contributed by atoms with Crippen molar-refractivity contribution in [3.63, 3.8) is 0 Å². The lowest BCUT2D eigenvalue weighted by atomic mass is 9.99. The van der Waals surface area contributed by atoms with Gasteiger partial charge in [-0.2, -0.15) is 0 Å². The highest BCUT2D eigenvalue weighted by molar-refractivity contribution is 5.86. The summed E-state index contributed by atoms with van der Waals surface area (Å²) in [5.74, 6) is -0.307. The Morgan fingerprint density at radius 1 is 1.38 bits per heavy atom. The van der Waals surface area contributed by atoms with Gasteiger partial charge < -0.3 is 14.7 Å². The van der Waals surface area contributed by atoms with E-state index in [0.29, 0.717) is 6.54 Å². The van der Waals surface area contributed by atoms with Crippen molar-refractivity contribution in [2.24, 2.45) is 0 Å². The molecule has 0 aliphatic carbocycles. The Bertz CT molecular complexity index is 308. The van der Waals surface area contributed by atoms with Crippen LogP contribution in [0.2, 0.25) is 0 Å². The predicted molar refractivity (Wildman–Crippen MR) is 58.1 cm³/mol. The first-order valence-corrected chi connectivity index (χ1v) is 5.35. The van der Waals surface area contributed by atoms with Crippen LogP contribution >= 0.6 is 0 Å². The minimum Gasteiger partial charge on any atom is -0.444 e. The molecule has 1 atom stereocenters. The van der Waals surface area contributed by atoms with Crippen molar-refractivity contribution in [3.8, 4) is 0 Å². The van der Waals surface area contributed by atoms with E-state index in [4.69, 9.17) is 4.74 Å². The van der Waals surface area contributed by atoms with Crippen molar-refractivity contribution in [1.82, 2.24) is 4.90 Å². The molecule has 0 unspecified atom stereocenters. The lowest BCUT2D eigenvalue weighted by Crippen LogP contribution is -2.42. The Labute approximate surface area is 95.4 Å². The second-order valence-electron chi connectivity index (χ2n) is 5.24. The Morgan fingerprint density at radius 2 is 1.94 bits per heavy atom. The van der Waals surface area contributed by atoms with Crippen molar-refractivity contribution in [1.29, 1.82) is 0 Å². The molecule has 1 heterocycles. The average molecular weight is 229 g/mol. The van der Waals surface area contributed by atoms with E-state index in [1.165, 1.54) is 11.8 Å².